The van der Waals surface area contributed by atoms with E-state index >= 15 is 0 Å². The van der Waals surface area contributed by atoms with Crippen molar-refractivity contribution < 1.29 is 9.53 Å². The van der Waals surface area contributed by atoms with Crippen molar-refractivity contribution in [3.8, 4) is 0 Å². The molecule has 104 valence electrons. The topological polar surface area (TPSA) is 64.3 Å². The Balaban J connectivity index is 2.53. The number of carbonyl (C=O) groups excluding carboxylic acids is 1. The first-order valence-corrected chi connectivity index (χ1v) is 6.77. The van der Waals surface area contributed by atoms with Gasteiger partial charge in [-0.25, -0.2) is 0 Å². The van der Waals surface area contributed by atoms with E-state index in [-0.39, 0.29) is 10.9 Å². The van der Waals surface area contributed by atoms with Crippen molar-refractivity contribution in [2.45, 2.75) is 19.3 Å². The van der Waals surface area contributed by atoms with Crippen molar-refractivity contribution >= 4 is 23.1 Å². The lowest BCUT2D eigenvalue weighted by Crippen LogP contribution is -2.36. The van der Waals surface area contributed by atoms with Crippen molar-refractivity contribution in [1.82, 2.24) is 5.32 Å². The molecule has 0 spiro atoms. The van der Waals surface area contributed by atoms with Crippen LogP contribution in [0, 0.1) is 0 Å². The Bertz CT molecular complexity index is 409. The van der Waals surface area contributed by atoms with Crippen LogP contribution in [0.2, 0.25) is 0 Å². The summed E-state index contributed by atoms with van der Waals surface area (Å²) >= 11 is 4.99. The van der Waals surface area contributed by atoms with E-state index in [1.54, 1.807) is 0 Å². The third kappa shape index (κ3) is 5.36. The number of hydrogen-bond donors (Lipinski definition) is 2. The van der Waals surface area contributed by atoms with Crippen LogP contribution in [-0.2, 0) is 9.53 Å². The average molecular weight is 280 g/mol. The third-order valence-electron chi connectivity index (χ3n) is 2.65. The Morgan fingerprint density at radius 3 is 2.68 bits per heavy atom. The van der Waals surface area contributed by atoms with Crippen LogP contribution in [-0.4, -0.2) is 30.7 Å². The molecule has 0 saturated heterocycles. The molecule has 19 heavy (non-hydrogen) atoms. The lowest BCUT2D eigenvalue weighted by Gasteiger charge is -2.15. The number of nitrogens with one attached hydrogen (secondary N) is 1. The van der Waals surface area contributed by atoms with Crippen LogP contribution in [0.4, 0.5) is 0 Å². The van der Waals surface area contributed by atoms with Gasteiger partial charge in [-0.05, 0) is 18.9 Å². The lowest BCUT2D eigenvalue weighted by atomic mass is 9.98. The van der Waals surface area contributed by atoms with Gasteiger partial charge in [0.2, 0.25) is 5.91 Å². The molecule has 1 aromatic rings. The van der Waals surface area contributed by atoms with Gasteiger partial charge in [-0.2, -0.15) is 0 Å². The summed E-state index contributed by atoms with van der Waals surface area (Å²) in [5.74, 6) is -0.724. The van der Waals surface area contributed by atoms with Crippen LogP contribution < -0.4 is 11.1 Å². The lowest BCUT2D eigenvalue weighted by molar-refractivity contribution is -0.121. The Kier molecular flexibility index (Phi) is 7.07. The summed E-state index contributed by atoms with van der Waals surface area (Å²) < 4.78 is 5.21. The van der Waals surface area contributed by atoms with Crippen LogP contribution in [0.5, 0.6) is 0 Å². The molecule has 4 nitrogen and oxygen atoms in total. The number of thiocarbonyl (C=S) groups is 1. The second kappa shape index (κ2) is 8.61. The standard InChI is InChI=1S/C14H20N2O2S/c1-2-18-10-6-9-16-14(17)12(13(15)19)11-7-4-3-5-8-11/h3-5,7-8,12H,2,6,9-10H2,1H3,(H2,15,19)(H,16,17). The molecular formula is C14H20N2O2S. The van der Waals surface area contributed by atoms with Gasteiger partial charge in [0.05, 0.1) is 4.99 Å². The molecule has 5 heteroatoms. The van der Waals surface area contributed by atoms with Gasteiger partial charge in [0.15, 0.2) is 0 Å². The smallest absolute Gasteiger partial charge is 0.234 e. The molecule has 0 aliphatic carbocycles. The normalized spacial score (nSPS) is 11.8. The molecule has 1 unspecified atom stereocenters. The summed E-state index contributed by atoms with van der Waals surface area (Å²) in [7, 11) is 0. The quantitative estimate of drug-likeness (QED) is 0.561. The van der Waals surface area contributed by atoms with E-state index in [4.69, 9.17) is 22.7 Å². The summed E-state index contributed by atoms with van der Waals surface area (Å²) in [5.41, 5.74) is 6.48. The zero-order valence-corrected chi connectivity index (χ0v) is 11.9. The van der Waals surface area contributed by atoms with Gasteiger partial charge < -0.3 is 15.8 Å². The molecule has 0 heterocycles. The summed E-state index contributed by atoms with van der Waals surface area (Å²) in [5, 5.41) is 2.84. The van der Waals surface area contributed by atoms with Crippen LogP contribution >= 0.6 is 12.2 Å². The Labute approximate surface area is 119 Å². The molecule has 0 saturated carbocycles. The highest BCUT2D eigenvalue weighted by Crippen LogP contribution is 2.16. The first kappa shape index (κ1) is 15.6. The molecule has 3 N–H and O–H groups in total. The highest BCUT2D eigenvalue weighted by Gasteiger charge is 2.22. The Morgan fingerprint density at radius 2 is 2.11 bits per heavy atom. The van der Waals surface area contributed by atoms with Crippen LogP contribution in [0.15, 0.2) is 30.3 Å². The Morgan fingerprint density at radius 1 is 1.42 bits per heavy atom. The highest BCUT2D eigenvalue weighted by atomic mass is 32.1. The van der Waals surface area contributed by atoms with Crippen molar-refractivity contribution in [2.75, 3.05) is 19.8 Å². The zero-order valence-electron chi connectivity index (χ0n) is 11.1. The molecule has 0 aliphatic rings. The maximum Gasteiger partial charge on any atom is 0.234 e. The van der Waals surface area contributed by atoms with Gasteiger partial charge in [-0.15, -0.1) is 0 Å². The number of rotatable bonds is 8. The number of benzene rings is 1. The van der Waals surface area contributed by atoms with E-state index in [0.717, 1.165) is 12.0 Å². The fraction of sp³-hybridized carbons (Fsp3) is 0.429. The second-order valence-electron chi connectivity index (χ2n) is 4.09. The molecule has 0 radical (unpaired) electrons. The fourth-order valence-electron chi connectivity index (χ4n) is 1.72. The van der Waals surface area contributed by atoms with E-state index < -0.39 is 5.92 Å². The molecular weight excluding hydrogens is 260 g/mol. The van der Waals surface area contributed by atoms with Gasteiger partial charge in [0.1, 0.15) is 5.92 Å². The second-order valence-corrected chi connectivity index (χ2v) is 4.56. The molecule has 0 bridgehead atoms. The van der Waals surface area contributed by atoms with E-state index in [1.165, 1.54) is 0 Å². The summed E-state index contributed by atoms with van der Waals surface area (Å²) in [6, 6.07) is 9.32. The van der Waals surface area contributed by atoms with Crippen molar-refractivity contribution in [2.24, 2.45) is 5.73 Å². The minimum absolute atomic E-state index is 0.157. The largest absolute Gasteiger partial charge is 0.392 e. The van der Waals surface area contributed by atoms with E-state index in [2.05, 4.69) is 5.32 Å². The number of carbonyl (C=O) groups is 1. The van der Waals surface area contributed by atoms with Crippen LogP contribution in [0.1, 0.15) is 24.8 Å². The number of amides is 1. The van der Waals surface area contributed by atoms with Gasteiger partial charge in [0.25, 0.3) is 0 Å². The van der Waals surface area contributed by atoms with E-state index in [0.29, 0.717) is 19.8 Å². The summed E-state index contributed by atoms with van der Waals surface area (Å²) in [6.45, 7) is 3.83. The fourth-order valence-corrected chi connectivity index (χ4v) is 1.97. The van der Waals surface area contributed by atoms with E-state index in [1.807, 2.05) is 37.3 Å². The van der Waals surface area contributed by atoms with Crippen LogP contribution in [0.3, 0.4) is 0 Å². The number of nitrogens with two attached hydrogens (primary N) is 1. The molecule has 1 rings (SSSR count). The molecule has 1 aromatic carbocycles. The predicted molar refractivity (Wildman–Crippen MR) is 80.1 cm³/mol. The maximum absolute atomic E-state index is 12.1. The summed E-state index contributed by atoms with van der Waals surface area (Å²) in [6.07, 6.45) is 0.776. The predicted octanol–water partition coefficient (Wildman–Crippen LogP) is 1.60. The molecule has 1 amide bonds. The number of hydrogen-bond acceptors (Lipinski definition) is 3. The van der Waals surface area contributed by atoms with Crippen LogP contribution in [0.25, 0.3) is 0 Å². The summed E-state index contributed by atoms with van der Waals surface area (Å²) in [4.78, 5) is 12.3. The van der Waals surface area contributed by atoms with Crippen molar-refractivity contribution in [1.29, 1.82) is 0 Å². The van der Waals surface area contributed by atoms with E-state index in [9.17, 15) is 4.79 Å². The van der Waals surface area contributed by atoms with Gasteiger partial charge in [-0.1, -0.05) is 42.5 Å². The van der Waals surface area contributed by atoms with Gasteiger partial charge in [0, 0.05) is 19.8 Å². The third-order valence-corrected chi connectivity index (χ3v) is 2.88. The van der Waals surface area contributed by atoms with Gasteiger partial charge in [-0.3, -0.25) is 4.79 Å². The first-order valence-electron chi connectivity index (χ1n) is 6.36. The monoisotopic (exact) mass is 280 g/mol. The molecule has 0 aromatic heterocycles. The minimum atomic E-state index is -0.566. The van der Waals surface area contributed by atoms with Crippen molar-refractivity contribution in [3.05, 3.63) is 35.9 Å². The van der Waals surface area contributed by atoms with Gasteiger partial charge >= 0.3 is 0 Å². The minimum Gasteiger partial charge on any atom is -0.392 e. The Hall–Kier alpha value is -1.46. The SMILES string of the molecule is CCOCCCNC(=O)C(C(N)=S)c1ccccc1. The molecule has 0 fully saturated rings. The molecule has 0 aliphatic heterocycles. The zero-order chi connectivity index (χ0) is 14.1. The van der Waals surface area contributed by atoms with Crippen molar-refractivity contribution in [3.63, 3.8) is 0 Å². The maximum atomic E-state index is 12.1. The first-order chi connectivity index (χ1) is 9.16. The highest BCUT2D eigenvalue weighted by molar-refractivity contribution is 7.80. The average Bonchev–Trinajstić information content (AvgIpc) is 2.39. The number of ether oxygens (including phenoxy) is 1. The molecule has 1 atom stereocenters.